The summed E-state index contributed by atoms with van der Waals surface area (Å²) in [6.45, 7) is 0. The number of aromatic nitrogens is 3. The van der Waals surface area contributed by atoms with Crippen molar-refractivity contribution < 1.29 is 4.42 Å². The second-order valence-corrected chi connectivity index (χ2v) is 13.8. The molecular formula is C48H28N4O. The van der Waals surface area contributed by atoms with E-state index < -0.39 is 0 Å². The summed E-state index contributed by atoms with van der Waals surface area (Å²) in [4.78, 5) is 13.2. The van der Waals surface area contributed by atoms with E-state index in [0.29, 0.717) is 11.5 Å². The second kappa shape index (κ2) is 10.6. The maximum Gasteiger partial charge on any atom is 0.236 e. The Labute approximate surface area is 303 Å². The third kappa shape index (κ3) is 3.96. The molecule has 0 unspecified atom stereocenters. The van der Waals surface area contributed by atoms with Gasteiger partial charge in [-0.1, -0.05) is 121 Å². The van der Waals surface area contributed by atoms with Gasteiger partial charge in [-0.3, -0.25) is 4.90 Å². The fourth-order valence-corrected chi connectivity index (χ4v) is 8.62. The van der Waals surface area contributed by atoms with E-state index in [4.69, 9.17) is 14.4 Å². The Kier molecular flexibility index (Phi) is 5.71. The van der Waals surface area contributed by atoms with Gasteiger partial charge in [0, 0.05) is 43.7 Å². The summed E-state index contributed by atoms with van der Waals surface area (Å²) in [6.07, 6.45) is 0. The van der Waals surface area contributed by atoms with Crippen molar-refractivity contribution in [1.29, 1.82) is 0 Å². The zero-order valence-electron chi connectivity index (χ0n) is 28.4. The molecule has 0 aliphatic carbocycles. The number of furan rings is 1. The summed E-state index contributed by atoms with van der Waals surface area (Å²) in [5.41, 5.74) is 11.9. The van der Waals surface area contributed by atoms with Crippen LogP contribution >= 0.6 is 0 Å². The van der Waals surface area contributed by atoms with Crippen LogP contribution in [-0.2, 0) is 0 Å². The lowest BCUT2D eigenvalue weighted by molar-refractivity contribution is 0.667. The summed E-state index contributed by atoms with van der Waals surface area (Å²) in [5, 5.41) is 7.98. The zero-order valence-corrected chi connectivity index (χ0v) is 28.4. The number of benzene rings is 8. The average molecular weight is 677 g/mol. The summed E-state index contributed by atoms with van der Waals surface area (Å²) in [5.74, 6) is 0.602. The van der Waals surface area contributed by atoms with Crippen LogP contribution in [0.3, 0.4) is 0 Å². The lowest BCUT2D eigenvalue weighted by Gasteiger charge is -2.33. The highest BCUT2D eigenvalue weighted by Gasteiger charge is 2.31. The van der Waals surface area contributed by atoms with Gasteiger partial charge in [0.2, 0.25) is 5.95 Å². The van der Waals surface area contributed by atoms with Crippen LogP contribution in [0.4, 0.5) is 17.3 Å². The number of para-hydroxylation sites is 3. The van der Waals surface area contributed by atoms with E-state index in [1.165, 1.54) is 21.7 Å². The van der Waals surface area contributed by atoms with Crippen molar-refractivity contribution in [3.8, 4) is 28.1 Å². The number of fused-ring (bicyclic) bond motifs is 10. The SMILES string of the molecule is c1ccc(-n2c3ccccc3c3cc(-c4nc(N5c6c(ccc7ccccc67)-c6cccc7cccc5c67)nc5c4oc4ccccc45)ccc32)cc1. The van der Waals surface area contributed by atoms with Crippen LogP contribution in [0.5, 0.6) is 0 Å². The Morgan fingerprint density at radius 1 is 0.491 bits per heavy atom. The molecule has 53 heavy (non-hydrogen) atoms. The highest BCUT2D eigenvalue weighted by molar-refractivity contribution is 6.19. The van der Waals surface area contributed by atoms with Crippen molar-refractivity contribution in [2.24, 2.45) is 0 Å². The molecule has 0 spiro atoms. The van der Waals surface area contributed by atoms with Crippen molar-refractivity contribution in [1.82, 2.24) is 14.5 Å². The number of rotatable bonds is 3. The van der Waals surface area contributed by atoms with Gasteiger partial charge >= 0.3 is 0 Å². The third-order valence-corrected chi connectivity index (χ3v) is 10.9. The van der Waals surface area contributed by atoms with Gasteiger partial charge in [-0.05, 0) is 64.9 Å². The highest BCUT2D eigenvalue weighted by Crippen LogP contribution is 2.53. The molecular weight excluding hydrogens is 649 g/mol. The molecule has 0 bridgehead atoms. The molecule has 246 valence electrons. The average Bonchev–Trinajstić information content (AvgIpc) is 3.76. The highest BCUT2D eigenvalue weighted by atomic mass is 16.3. The predicted octanol–water partition coefficient (Wildman–Crippen LogP) is 12.9. The molecule has 4 heterocycles. The molecule has 5 nitrogen and oxygen atoms in total. The molecule has 0 saturated heterocycles. The minimum atomic E-state index is 0.602. The van der Waals surface area contributed by atoms with E-state index in [-0.39, 0.29) is 0 Å². The first-order valence-corrected chi connectivity index (χ1v) is 17.9. The van der Waals surface area contributed by atoms with Gasteiger partial charge in [0.25, 0.3) is 0 Å². The molecule has 5 heteroatoms. The molecule has 0 radical (unpaired) electrons. The van der Waals surface area contributed by atoms with Crippen molar-refractivity contribution in [3.05, 3.63) is 170 Å². The first-order chi connectivity index (χ1) is 26.3. The first-order valence-electron chi connectivity index (χ1n) is 17.9. The normalized spacial score (nSPS) is 12.5. The van der Waals surface area contributed by atoms with Gasteiger partial charge < -0.3 is 8.98 Å². The molecule has 1 aliphatic rings. The molecule has 0 atom stereocenters. The number of anilines is 3. The lowest BCUT2D eigenvalue weighted by atomic mass is 9.89. The second-order valence-electron chi connectivity index (χ2n) is 13.8. The van der Waals surface area contributed by atoms with Crippen molar-refractivity contribution in [2.45, 2.75) is 0 Å². The summed E-state index contributed by atoms with van der Waals surface area (Å²) in [6, 6.07) is 60.1. The monoisotopic (exact) mass is 676 g/mol. The summed E-state index contributed by atoms with van der Waals surface area (Å²) in [7, 11) is 0. The number of hydrogen-bond acceptors (Lipinski definition) is 4. The molecule has 0 saturated carbocycles. The van der Waals surface area contributed by atoms with Crippen LogP contribution in [0.1, 0.15) is 0 Å². The minimum absolute atomic E-state index is 0.602. The van der Waals surface area contributed by atoms with Crippen LogP contribution in [0.15, 0.2) is 174 Å². The van der Waals surface area contributed by atoms with Crippen LogP contribution in [0, 0.1) is 0 Å². The van der Waals surface area contributed by atoms with E-state index >= 15 is 0 Å². The molecule has 0 amide bonds. The molecule has 12 rings (SSSR count). The smallest absolute Gasteiger partial charge is 0.236 e. The van der Waals surface area contributed by atoms with E-state index in [1.54, 1.807) is 0 Å². The van der Waals surface area contributed by atoms with Crippen LogP contribution in [0.25, 0.3) is 93.5 Å². The molecule has 1 aliphatic heterocycles. The van der Waals surface area contributed by atoms with Gasteiger partial charge in [0.15, 0.2) is 5.58 Å². The predicted molar refractivity (Wildman–Crippen MR) is 218 cm³/mol. The number of nitrogens with zero attached hydrogens (tertiary/aromatic N) is 4. The fourth-order valence-electron chi connectivity index (χ4n) is 8.62. The van der Waals surface area contributed by atoms with Crippen LogP contribution < -0.4 is 4.90 Å². The molecule has 11 aromatic rings. The Bertz CT molecular complexity index is 3300. The minimum Gasteiger partial charge on any atom is -0.452 e. The third-order valence-electron chi connectivity index (χ3n) is 10.9. The standard InChI is InChI=1S/C48H28N4O/c1-2-15-32(16-3-1)51-39-21-8-6-18-34(39)38-28-31(25-27-40(38)51)44-47-45(37-19-7-9-23-42(37)53-47)50-48(49-44)52-41-22-11-14-30-13-10-20-35(43(30)41)36-26-24-29-12-4-5-17-33(29)46(36)52/h1-28H. The first kappa shape index (κ1) is 28.5. The quantitative estimate of drug-likeness (QED) is 0.187. The largest absolute Gasteiger partial charge is 0.452 e. The lowest BCUT2D eigenvalue weighted by Crippen LogP contribution is -2.18. The Morgan fingerprint density at radius 3 is 2.13 bits per heavy atom. The van der Waals surface area contributed by atoms with E-state index in [9.17, 15) is 0 Å². The maximum atomic E-state index is 6.66. The Morgan fingerprint density at radius 2 is 1.23 bits per heavy atom. The van der Waals surface area contributed by atoms with Gasteiger partial charge in [0.1, 0.15) is 16.8 Å². The molecule has 0 fully saturated rings. The zero-order chi connectivity index (χ0) is 34.6. The van der Waals surface area contributed by atoms with Gasteiger partial charge in [-0.25, -0.2) is 9.97 Å². The topological polar surface area (TPSA) is 47.1 Å². The fraction of sp³-hybridized carbons (Fsp3) is 0. The van der Waals surface area contributed by atoms with Gasteiger partial charge in [-0.15, -0.1) is 0 Å². The Hall–Kier alpha value is -7.24. The van der Waals surface area contributed by atoms with Gasteiger partial charge in [-0.2, -0.15) is 0 Å². The van der Waals surface area contributed by atoms with Crippen molar-refractivity contribution in [3.63, 3.8) is 0 Å². The summed E-state index contributed by atoms with van der Waals surface area (Å²) >= 11 is 0. The molecule has 3 aromatic heterocycles. The van der Waals surface area contributed by atoms with Crippen LogP contribution in [0.2, 0.25) is 0 Å². The maximum absolute atomic E-state index is 6.66. The van der Waals surface area contributed by atoms with E-state index in [0.717, 1.165) is 77.6 Å². The van der Waals surface area contributed by atoms with Crippen molar-refractivity contribution >= 4 is 82.7 Å². The van der Waals surface area contributed by atoms with Crippen molar-refractivity contribution in [2.75, 3.05) is 4.90 Å². The van der Waals surface area contributed by atoms with E-state index in [2.05, 4.69) is 161 Å². The van der Waals surface area contributed by atoms with Gasteiger partial charge in [0.05, 0.1) is 22.4 Å². The Balaban J connectivity index is 1.19. The number of hydrogen-bond donors (Lipinski definition) is 0. The van der Waals surface area contributed by atoms with E-state index in [1.807, 2.05) is 18.2 Å². The molecule has 8 aromatic carbocycles. The molecule has 0 N–H and O–H groups in total. The summed E-state index contributed by atoms with van der Waals surface area (Å²) < 4.78 is 9.00. The van der Waals surface area contributed by atoms with Crippen LogP contribution in [-0.4, -0.2) is 14.5 Å².